The molecule has 4 nitrogen and oxygen atoms in total. The number of likely N-dealkylation sites (tertiary alicyclic amines) is 1. The molecule has 0 radical (unpaired) electrons. The predicted molar refractivity (Wildman–Crippen MR) is 90.4 cm³/mol. The van der Waals surface area contributed by atoms with E-state index < -0.39 is 5.54 Å². The van der Waals surface area contributed by atoms with Gasteiger partial charge in [0.1, 0.15) is 0 Å². The molecule has 1 amide bonds. The minimum absolute atomic E-state index is 0.0130. The topological polar surface area (TPSA) is 58.4 Å². The molecule has 122 valence electrons. The molecule has 1 saturated heterocycles. The molecule has 1 aliphatic rings. The Balaban J connectivity index is 1.87. The maximum atomic E-state index is 12.3. The SMILES string of the molecule is CCCC(C)(N)C(=O)NC1CCCN(Cc2ccccc2)C1. The molecular formula is C18H29N3O. The van der Waals surface area contributed by atoms with Crippen LogP contribution in [0, 0.1) is 0 Å². The van der Waals surface area contributed by atoms with Crippen LogP contribution in [-0.4, -0.2) is 35.5 Å². The average molecular weight is 303 g/mol. The lowest BCUT2D eigenvalue weighted by atomic mass is 9.95. The zero-order valence-electron chi connectivity index (χ0n) is 13.8. The van der Waals surface area contributed by atoms with Crippen molar-refractivity contribution >= 4 is 5.91 Å². The molecule has 0 bridgehead atoms. The Bertz CT molecular complexity index is 472. The molecule has 0 aliphatic carbocycles. The Kier molecular flexibility index (Phi) is 5.98. The van der Waals surface area contributed by atoms with E-state index in [4.69, 9.17) is 5.73 Å². The Labute approximate surface area is 134 Å². The first-order chi connectivity index (χ1) is 10.5. The zero-order valence-corrected chi connectivity index (χ0v) is 13.8. The van der Waals surface area contributed by atoms with Crippen molar-refractivity contribution in [3.63, 3.8) is 0 Å². The second-order valence-corrected chi connectivity index (χ2v) is 6.70. The largest absolute Gasteiger partial charge is 0.350 e. The van der Waals surface area contributed by atoms with Crippen LogP contribution < -0.4 is 11.1 Å². The van der Waals surface area contributed by atoms with Gasteiger partial charge in [-0.25, -0.2) is 0 Å². The third-order valence-corrected chi connectivity index (χ3v) is 4.38. The summed E-state index contributed by atoms with van der Waals surface area (Å²) >= 11 is 0. The molecule has 2 rings (SSSR count). The number of benzene rings is 1. The standard InChI is InChI=1S/C18H29N3O/c1-3-11-18(2,19)17(22)20-16-10-7-12-21(14-16)13-15-8-5-4-6-9-15/h4-6,8-9,16H,3,7,10-14,19H2,1-2H3,(H,20,22). The number of hydrogen-bond donors (Lipinski definition) is 2. The lowest BCUT2D eigenvalue weighted by Gasteiger charge is -2.35. The highest BCUT2D eigenvalue weighted by Gasteiger charge is 2.30. The van der Waals surface area contributed by atoms with Crippen molar-refractivity contribution in [3.05, 3.63) is 35.9 Å². The number of amides is 1. The van der Waals surface area contributed by atoms with Crippen LogP contribution in [0.15, 0.2) is 30.3 Å². The van der Waals surface area contributed by atoms with Crippen LogP contribution in [-0.2, 0) is 11.3 Å². The Morgan fingerprint density at radius 3 is 2.82 bits per heavy atom. The summed E-state index contributed by atoms with van der Waals surface area (Å²) in [5.74, 6) is -0.0130. The van der Waals surface area contributed by atoms with Crippen LogP contribution in [0.3, 0.4) is 0 Å². The van der Waals surface area contributed by atoms with Gasteiger partial charge in [0.05, 0.1) is 5.54 Å². The van der Waals surface area contributed by atoms with Gasteiger partial charge in [-0.05, 0) is 38.3 Å². The number of carbonyl (C=O) groups excluding carboxylic acids is 1. The van der Waals surface area contributed by atoms with Gasteiger partial charge in [0.2, 0.25) is 5.91 Å². The summed E-state index contributed by atoms with van der Waals surface area (Å²) in [6.45, 7) is 6.83. The van der Waals surface area contributed by atoms with Gasteiger partial charge >= 0.3 is 0 Å². The van der Waals surface area contributed by atoms with Crippen molar-refractivity contribution < 1.29 is 4.79 Å². The van der Waals surface area contributed by atoms with Gasteiger partial charge in [-0.1, -0.05) is 43.7 Å². The summed E-state index contributed by atoms with van der Waals surface area (Å²) < 4.78 is 0. The highest BCUT2D eigenvalue weighted by atomic mass is 16.2. The summed E-state index contributed by atoms with van der Waals surface area (Å²) in [5.41, 5.74) is 6.69. The van der Waals surface area contributed by atoms with Crippen molar-refractivity contribution in [3.8, 4) is 0 Å². The minimum Gasteiger partial charge on any atom is -0.350 e. The third-order valence-electron chi connectivity index (χ3n) is 4.38. The number of hydrogen-bond acceptors (Lipinski definition) is 3. The van der Waals surface area contributed by atoms with Gasteiger partial charge in [-0.3, -0.25) is 9.69 Å². The van der Waals surface area contributed by atoms with E-state index in [1.54, 1.807) is 0 Å². The smallest absolute Gasteiger partial charge is 0.240 e. The first kappa shape index (κ1) is 17.0. The first-order valence-electron chi connectivity index (χ1n) is 8.37. The van der Waals surface area contributed by atoms with Gasteiger partial charge in [0, 0.05) is 19.1 Å². The van der Waals surface area contributed by atoms with Crippen molar-refractivity contribution in [2.24, 2.45) is 5.73 Å². The van der Waals surface area contributed by atoms with E-state index in [9.17, 15) is 4.79 Å². The summed E-state index contributed by atoms with van der Waals surface area (Å²) in [6, 6.07) is 10.7. The van der Waals surface area contributed by atoms with Crippen LogP contribution >= 0.6 is 0 Å². The number of rotatable bonds is 6. The number of nitrogens with one attached hydrogen (secondary N) is 1. The minimum atomic E-state index is -0.754. The second-order valence-electron chi connectivity index (χ2n) is 6.70. The third kappa shape index (κ3) is 4.82. The summed E-state index contributed by atoms with van der Waals surface area (Å²) in [5, 5.41) is 3.15. The van der Waals surface area contributed by atoms with Crippen LogP contribution in [0.4, 0.5) is 0 Å². The Morgan fingerprint density at radius 1 is 1.41 bits per heavy atom. The van der Waals surface area contributed by atoms with Gasteiger partial charge in [0.25, 0.3) is 0 Å². The molecule has 1 aromatic carbocycles. The highest BCUT2D eigenvalue weighted by molar-refractivity contribution is 5.85. The zero-order chi connectivity index (χ0) is 16.0. The molecule has 0 saturated carbocycles. The fourth-order valence-corrected chi connectivity index (χ4v) is 3.14. The quantitative estimate of drug-likeness (QED) is 0.847. The average Bonchev–Trinajstić information content (AvgIpc) is 2.48. The van der Waals surface area contributed by atoms with Crippen molar-refractivity contribution in [1.82, 2.24) is 10.2 Å². The van der Waals surface area contributed by atoms with E-state index >= 15 is 0 Å². The highest BCUT2D eigenvalue weighted by Crippen LogP contribution is 2.15. The fourth-order valence-electron chi connectivity index (χ4n) is 3.14. The molecule has 1 aromatic rings. The maximum absolute atomic E-state index is 12.3. The predicted octanol–water partition coefficient (Wildman–Crippen LogP) is 2.28. The Hall–Kier alpha value is -1.39. The van der Waals surface area contributed by atoms with E-state index in [0.29, 0.717) is 0 Å². The summed E-state index contributed by atoms with van der Waals surface area (Å²) in [6.07, 6.45) is 3.80. The number of nitrogens with zero attached hydrogens (tertiary/aromatic N) is 1. The normalized spacial score (nSPS) is 22.0. The monoisotopic (exact) mass is 303 g/mol. The van der Waals surface area contributed by atoms with Crippen molar-refractivity contribution in [1.29, 1.82) is 0 Å². The van der Waals surface area contributed by atoms with E-state index in [2.05, 4.69) is 41.4 Å². The molecule has 2 atom stereocenters. The van der Waals surface area contributed by atoms with Crippen LogP contribution in [0.1, 0.15) is 45.1 Å². The summed E-state index contributed by atoms with van der Waals surface area (Å²) in [7, 11) is 0. The van der Waals surface area contributed by atoms with Gasteiger partial charge in [-0.2, -0.15) is 0 Å². The van der Waals surface area contributed by atoms with E-state index in [1.165, 1.54) is 5.56 Å². The number of piperidine rings is 1. The van der Waals surface area contributed by atoms with Crippen LogP contribution in [0.25, 0.3) is 0 Å². The molecule has 3 N–H and O–H groups in total. The van der Waals surface area contributed by atoms with Gasteiger partial charge < -0.3 is 11.1 Å². The van der Waals surface area contributed by atoms with Crippen LogP contribution in [0.2, 0.25) is 0 Å². The van der Waals surface area contributed by atoms with E-state index in [-0.39, 0.29) is 11.9 Å². The molecule has 1 fully saturated rings. The fraction of sp³-hybridized carbons (Fsp3) is 0.611. The van der Waals surface area contributed by atoms with E-state index in [1.807, 2.05) is 13.0 Å². The molecule has 22 heavy (non-hydrogen) atoms. The second kappa shape index (κ2) is 7.75. The van der Waals surface area contributed by atoms with Gasteiger partial charge in [-0.15, -0.1) is 0 Å². The lowest BCUT2D eigenvalue weighted by molar-refractivity contribution is -0.127. The van der Waals surface area contributed by atoms with Gasteiger partial charge in [0.15, 0.2) is 0 Å². The lowest BCUT2D eigenvalue weighted by Crippen LogP contribution is -2.57. The molecule has 1 heterocycles. The maximum Gasteiger partial charge on any atom is 0.240 e. The van der Waals surface area contributed by atoms with Crippen LogP contribution in [0.5, 0.6) is 0 Å². The number of nitrogens with two attached hydrogens (primary N) is 1. The molecule has 1 aliphatic heterocycles. The number of carbonyl (C=O) groups is 1. The molecular weight excluding hydrogens is 274 g/mol. The van der Waals surface area contributed by atoms with Crippen molar-refractivity contribution in [2.45, 2.75) is 57.7 Å². The van der Waals surface area contributed by atoms with E-state index in [0.717, 1.165) is 45.3 Å². The molecule has 4 heteroatoms. The first-order valence-corrected chi connectivity index (χ1v) is 8.37. The molecule has 2 unspecified atom stereocenters. The summed E-state index contributed by atoms with van der Waals surface area (Å²) in [4.78, 5) is 14.7. The molecule has 0 aromatic heterocycles. The molecule has 0 spiro atoms. The Morgan fingerprint density at radius 2 is 2.14 bits per heavy atom. The van der Waals surface area contributed by atoms with Crippen molar-refractivity contribution in [2.75, 3.05) is 13.1 Å².